The minimum atomic E-state index is -0.301. The van der Waals surface area contributed by atoms with Crippen molar-refractivity contribution in [2.24, 2.45) is 0 Å². The fourth-order valence-corrected chi connectivity index (χ4v) is 2.49. The van der Waals surface area contributed by atoms with Gasteiger partial charge in [0, 0.05) is 30.2 Å². The van der Waals surface area contributed by atoms with E-state index in [2.05, 4.69) is 25.6 Å². The number of aromatic nitrogens is 3. The van der Waals surface area contributed by atoms with Gasteiger partial charge in [0.2, 0.25) is 5.95 Å². The Morgan fingerprint density at radius 3 is 2.60 bits per heavy atom. The third kappa shape index (κ3) is 4.65. The summed E-state index contributed by atoms with van der Waals surface area (Å²) in [6.45, 7) is 0.386. The molecule has 0 saturated heterocycles. The standard InChI is InChI=1S/C17H13Cl2N5O/c18-12-1-2-14(13(19)9-12)23-17-21-8-5-15(24-17)16(25)22-10-11-3-6-20-7-4-11/h1-9H,10H2,(H,22,25)(H,21,23,24). The summed E-state index contributed by atoms with van der Waals surface area (Å²) in [6.07, 6.45) is 4.84. The maximum absolute atomic E-state index is 12.2. The second-order valence-corrected chi connectivity index (χ2v) is 5.90. The summed E-state index contributed by atoms with van der Waals surface area (Å²) in [4.78, 5) is 24.5. The van der Waals surface area contributed by atoms with Gasteiger partial charge in [-0.25, -0.2) is 9.97 Å². The molecule has 0 aliphatic rings. The Kier molecular flexibility index (Phi) is 5.42. The summed E-state index contributed by atoms with van der Waals surface area (Å²) < 4.78 is 0. The molecule has 3 rings (SSSR count). The van der Waals surface area contributed by atoms with Gasteiger partial charge in [-0.05, 0) is 42.0 Å². The minimum absolute atomic E-state index is 0.247. The Balaban J connectivity index is 1.69. The highest BCUT2D eigenvalue weighted by Gasteiger charge is 2.10. The predicted octanol–water partition coefficient (Wildman–Crippen LogP) is 3.85. The lowest BCUT2D eigenvalue weighted by atomic mass is 10.2. The summed E-state index contributed by atoms with van der Waals surface area (Å²) in [5, 5.41) is 6.73. The molecule has 0 atom stereocenters. The van der Waals surface area contributed by atoms with Crippen molar-refractivity contribution in [3.05, 3.63) is 76.3 Å². The number of hydrogen-bond donors (Lipinski definition) is 2. The van der Waals surface area contributed by atoms with E-state index in [9.17, 15) is 4.79 Å². The van der Waals surface area contributed by atoms with Gasteiger partial charge in [-0.3, -0.25) is 9.78 Å². The molecule has 2 heterocycles. The highest BCUT2D eigenvalue weighted by molar-refractivity contribution is 6.36. The normalized spacial score (nSPS) is 10.3. The number of carbonyl (C=O) groups excluding carboxylic acids is 1. The van der Waals surface area contributed by atoms with Crippen LogP contribution in [0.2, 0.25) is 10.0 Å². The number of hydrogen-bond acceptors (Lipinski definition) is 5. The van der Waals surface area contributed by atoms with Crippen molar-refractivity contribution in [3.63, 3.8) is 0 Å². The van der Waals surface area contributed by atoms with Crippen molar-refractivity contribution < 1.29 is 4.79 Å². The average Bonchev–Trinajstić information content (AvgIpc) is 2.63. The Hall–Kier alpha value is -2.70. The Bertz CT molecular complexity index is 889. The van der Waals surface area contributed by atoms with Gasteiger partial charge in [-0.2, -0.15) is 0 Å². The van der Waals surface area contributed by atoms with Crippen LogP contribution in [-0.2, 0) is 6.54 Å². The number of amides is 1. The maximum atomic E-state index is 12.2. The summed E-state index contributed by atoms with van der Waals surface area (Å²) in [5.74, 6) is -0.0368. The van der Waals surface area contributed by atoms with E-state index in [0.29, 0.717) is 22.3 Å². The number of rotatable bonds is 5. The Morgan fingerprint density at radius 2 is 1.84 bits per heavy atom. The van der Waals surface area contributed by atoms with Gasteiger partial charge in [-0.15, -0.1) is 0 Å². The molecule has 2 aromatic heterocycles. The van der Waals surface area contributed by atoms with Crippen LogP contribution in [-0.4, -0.2) is 20.9 Å². The van der Waals surface area contributed by atoms with E-state index in [-0.39, 0.29) is 17.5 Å². The number of benzene rings is 1. The van der Waals surface area contributed by atoms with Gasteiger partial charge >= 0.3 is 0 Å². The van der Waals surface area contributed by atoms with E-state index in [4.69, 9.17) is 23.2 Å². The second kappa shape index (κ2) is 7.92. The number of nitrogens with zero attached hydrogens (tertiary/aromatic N) is 3. The first-order valence-electron chi connectivity index (χ1n) is 7.34. The van der Waals surface area contributed by atoms with Crippen molar-refractivity contribution >= 4 is 40.7 Å². The number of pyridine rings is 1. The monoisotopic (exact) mass is 373 g/mol. The summed E-state index contributed by atoms with van der Waals surface area (Å²) in [7, 11) is 0. The molecule has 0 bridgehead atoms. The molecule has 3 aromatic rings. The molecular weight excluding hydrogens is 361 g/mol. The van der Waals surface area contributed by atoms with E-state index in [1.165, 1.54) is 12.3 Å². The van der Waals surface area contributed by atoms with Gasteiger partial charge in [0.1, 0.15) is 5.69 Å². The lowest BCUT2D eigenvalue weighted by Gasteiger charge is -2.09. The SMILES string of the molecule is O=C(NCc1ccncc1)c1ccnc(Nc2ccc(Cl)cc2Cl)n1. The maximum Gasteiger partial charge on any atom is 0.270 e. The van der Waals surface area contributed by atoms with Crippen LogP contribution < -0.4 is 10.6 Å². The fraction of sp³-hybridized carbons (Fsp3) is 0.0588. The summed E-state index contributed by atoms with van der Waals surface area (Å²) in [6, 6.07) is 10.2. The zero-order valence-electron chi connectivity index (χ0n) is 12.9. The van der Waals surface area contributed by atoms with Gasteiger partial charge in [0.25, 0.3) is 5.91 Å². The highest BCUT2D eigenvalue weighted by atomic mass is 35.5. The predicted molar refractivity (Wildman–Crippen MR) is 97.2 cm³/mol. The topological polar surface area (TPSA) is 79.8 Å². The first-order valence-corrected chi connectivity index (χ1v) is 8.09. The molecule has 6 nitrogen and oxygen atoms in total. The van der Waals surface area contributed by atoms with Gasteiger partial charge in [-0.1, -0.05) is 23.2 Å². The number of halogens is 2. The van der Waals surface area contributed by atoms with Crippen LogP contribution in [0, 0.1) is 0 Å². The van der Waals surface area contributed by atoms with E-state index >= 15 is 0 Å². The summed E-state index contributed by atoms with van der Waals surface area (Å²) >= 11 is 12.0. The van der Waals surface area contributed by atoms with Gasteiger partial charge in [0.15, 0.2) is 0 Å². The van der Waals surface area contributed by atoms with Crippen molar-refractivity contribution in [1.82, 2.24) is 20.3 Å². The second-order valence-electron chi connectivity index (χ2n) is 5.05. The smallest absolute Gasteiger partial charge is 0.270 e. The number of carbonyl (C=O) groups is 1. The quantitative estimate of drug-likeness (QED) is 0.709. The Labute approximate surface area is 154 Å². The van der Waals surface area contributed by atoms with E-state index in [0.717, 1.165) is 5.56 Å². The minimum Gasteiger partial charge on any atom is -0.347 e. The molecule has 0 saturated carbocycles. The van der Waals surface area contributed by atoms with Crippen LogP contribution in [0.5, 0.6) is 0 Å². The molecule has 0 spiro atoms. The zero-order valence-corrected chi connectivity index (χ0v) is 14.4. The molecule has 0 aliphatic heterocycles. The van der Waals surface area contributed by atoms with E-state index in [1.54, 1.807) is 30.6 Å². The third-order valence-corrected chi connectivity index (χ3v) is 3.82. The van der Waals surface area contributed by atoms with Crippen LogP contribution >= 0.6 is 23.2 Å². The molecule has 1 amide bonds. The van der Waals surface area contributed by atoms with Crippen LogP contribution in [0.4, 0.5) is 11.6 Å². The Morgan fingerprint density at radius 1 is 1.04 bits per heavy atom. The largest absolute Gasteiger partial charge is 0.347 e. The lowest BCUT2D eigenvalue weighted by molar-refractivity contribution is 0.0946. The number of nitrogens with one attached hydrogen (secondary N) is 2. The third-order valence-electron chi connectivity index (χ3n) is 3.27. The number of anilines is 2. The van der Waals surface area contributed by atoms with Crippen molar-refractivity contribution in [3.8, 4) is 0 Å². The zero-order chi connectivity index (χ0) is 17.6. The first-order chi connectivity index (χ1) is 12.1. The molecule has 1 aromatic carbocycles. The van der Waals surface area contributed by atoms with Gasteiger partial charge < -0.3 is 10.6 Å². The van der Waals surface area contributed by atoms with Crippen LogP contribution in [0.15, 0.2) is 55.0 Å². The first kappa shape index (κ1) is 17.1. The lowest BCUT2D eigenvalue weighted by Crippen LogP contribution is -2.24. The molecule has 0 fully saturated rings. The molecule has 0 aliphatic carbocycles. The van der Waals surface area contributed by atoms with Crippen molar-refractivity contribution in [2.75, 3.05) is 5.32 Å². The molecular formula is C17H13Cl2N5O. The van der Waals surface area contributed by atoms with Gasteiger partial charge in [0.05, 0.1) is 10.7 Å². The molecule has 2 N–H and O–H groups in total. The molecule has 126 valence electrons. The molecule has 8 heteroatoms. The van der Waals surface area contributed by atoms with Crippen molar-refractivity contribution in [1.29, 1.82) is 0 Å². The van der Waals surface area contributed by atoms with Crippen LogP contribution in [0.1, 0.15) is 16.1 Å². The summed E-state index contributed by atoms with van der Waals surface area (Å²) in [5.41, 5.74) is 1.79. The van der Waals surface area contributed by atoms with Crippen LogP contribution in [0.25, 0.3) is 0 Å². The molecule has 25 heavy (non-hydrogen) atoms. The fourth-order valence-electron chi connectivity index (χ4n) is 2.03. The molecule has 0 unspecified atom stereocenters. The van der Waals surface area contributed by atoms with Crippen molar-refractivity contribution in [2.45, 2.75) is 6.54 Å². The molecule has 0 radical (unpaired) electrons. The van der Waals surface area contributed by atoms with E-state index < -0.39 is 0 Å². The average molecular weight is 374 g/mol. The van der Waals surface area contributed by atoms with E-state index in [1.807, 2.05) is 12.1 Å². The highest BCUT2D eigenvalue weighted by Crippen LogP contribution is 2.27. The van der Waals surface area contributed by atoms with Crippen LogP contribution in [0.3, 0.4) is 0 Å².